The number of nitrogens with zero attached hydrogens (tertiary/aromatic N) is 3. The van der Waals surface area contributed by atoms with Gasteiger partial charge < -0.3 is 15.0 Å². The van der Waals surface area contributed by atoms with E-state index in [2.05, 4.69) is 45.5 Å². The first-order valence-corrected chi connectivity index (χ1v) is 9.31. The van der Waals surface area contributed by atoms with Crippen molar-refractivity contribution in [3.8, 4) is 5.75 Å². The summed E-state index contributed by atoms with van der Waals surface area (Å²) in [6, 6.07) is 18.7. The van der Waals surface area contributed by atoms with Crippen LogP contribution in [0.1, 0.15) is 23.2 Å². The first-order valence-electron chi connectivity index (χ1n) is 9.31. The number of fused-ring (bicyclic) bond motifs is 1. The number of aromatic nitrogens is 2. The van der Waals surface area contributed by atoms with E-state index in [0.29, 0.717) is 12.5 Å². The summed E-state index contributed by atoms with van der Waals surface area (Å²) < 4.78 is 5.21. The monoisotopic (exact) mass is 360 g/mol. The minimum Gasteiger partial charge on any atom is -0.497 e. The molecular weight excluding hydrogens is 336 g/mol. The summed E-state index contributed by atoms with van der Waals surface area (Å²) in [5.41, 5.74) is 4.75. The number of para-hydroxylation sites is 1. The van der Waals surface area contributed by atoms with Crippen LogP contribution in [0.5, 0.6) is 5.75 Å². The van der Waals surface area contributed by atoms with Crippen LogP contribution in [-0.4, -0.2) is 23.6 Å². The fraction of sp³-hybridized carbons (Fsp3) is 0.273. The number of rotatable bonds is 5. The number of methoxy groups -OCH3 is 1. The molecule has 4 rings (SSSR count). The minimum absolute atomic E-state index is 0.656. The van der Waals surface area contributed by atoms with Crippen molar-refractivity contribution >= 4 is 17.5 Å². The molecule has 5 nitrogen and oxygen atoms in total. The average molecular weight is 360 g/mol. The second-order valence-corrected chi connectivity index (χ2v) is 6.78. The van der Waals surface area contributed by atoms with Gasteiger partial charge in [0.15, 0.2) is 0 Å². The van der Waals surface area contributed by atoms with Crippen molar-refractivity contribution in [2.75, 3.05) is 23.9 Å². The van der Waals surface area contributed by atoms with Gasteiger partial charge in [0.25, 0.3) is 0 Å². The Labute approximate surface area is 160 Å². The van der Waals surface area contributed by atoms with E-state index in [1.54, 1.807) is 7.11 Å². The smallest absolute Gasteiger partial charge is 0.225 e. The molecule has 0 spiro atoms. The molecule has 0 radical (unpaired) electrons. The molecule has 2 aromatic carbocycles. The van der Waals surface area contributed by atoms with E-state index < -0.39 is 0 Å². The van der Waals surface area contributed by atoms with Crippen LogP contribution in [0, 0.1) is 6.92 Å². The molecule has 0 amide bonds. The van der Waals surface area contributed by atoms with Crippen LogP contribution in [0.2, 0.25) is 0 Å². The lowest BCUT2D eigenvalue weighted by Crippen LogP contribution is -2.25. The van der Waals surface area contributed by atoms with E-state index in [9.17, 15) is 0 Å². The molecule has 0 saturated carbocycles. The molecule has 3 aromatic rings. The van der Waals surface area contributed by atoms with Crippen molar-refractivity contribution in [1.29, 1.82) is 0 Å². The lowest BCUT2D eigenvalue weighted by Gasteiger charge is -2.30. The van der Waals surface area contributed by atoms with Gasteiger partial charge in [-0.1, -0.05) is 30.3 Å². The zero-order chi connectivity index (χ0) is 18.6. The third kappa shape index (κ3) is 3.87. The van der Waals surface area contributed by atoms with Crippen molar-refractivity contribution < 1.29 is 4.74 Å². The third-order valence-electron chi connectivity index (χ3n) is 4.84. The summed E-state index contributed by atoms with van der Waals surface area (Å²) in [4.78, 5) is 11.6. The second-order valence-electron chi connectivity index (χ2n) is 6.78. The van der Waals surface area contributed by atoms with Gasteiger partial charge in [-0.3, -0.25) is 0 Å². The molecule has 0 aliphatic carbocycles. The Bertz CT molecular complexity index is 924. The Morgan fingerprint density at radius 1 is 1.07 bits per heavy atom. The van der Waals surface area contributed by atoms with Crippen molar-refractivity contribution in [1.82, 2.24) is 9.97 Å². The van der Waals surface area contributed by atoms with Gasteiger partial charge in [0.05, 0.1) is 7.11 Å². The van der Waals surface area contributed by atoms with Crippen molar-refractivity contribution in [2.24, 2.45) is 0 Å². The molecule has 138 valence electrons. The molecule has 1 aliphatic heterocycles. The maximum absolute atomic E-state index is 5.21. The summed E-state index contributed by atoms with van der Waals surface area (Å²) in [6.07, 6.45) is 2.26. The maximum Gasteiger partial charge on any atom is 0.225 e. The number of hydrogen-bond donors (Lipinski definition) is 1. The molecule has 0 fully saturated rings. The molecule has 1 aromatic heterocycles. The summed E-state index contributed by atoms with van der Waals surface area (Å²) in [5, 5.41) is 3.35. The van der Waals surface area contributed by atoms with E-state index >= 15 is 0 Å². The van der Waals surface area contributed by atoms with Crippen LogP contribution < -0.4 is 15.0 Å². The van der Waals surface area contributed by atoms with Gasteiger partial charge in [0.2, 0.25) is 5.95 Å². The fourth-order valence-corrected chi connectivity index (χ4v) is 3.47. The predicted molar refractivity (Wildman–Crippen MR) is 109 cm³/mol. The molecule has 1 aliphatic rings. The molecule has 0 unspecified atom stereocenters. The van der Waals surface area contributed by atoms with E-state index in [0.717, 1.165) is 42.2 Å². The lowest BCUT2D eigenvalue weighted by molar-refractivity contribution is 0.414. The summed E-state index contributed by atoms with van der Waals surface area (Å²) in [7, 11) is 1.67. The highest BCUT2D eigenvalue weighted by Gasteiger charge is 2.19. The van der Waals surface area contributed by atoms with E-state index in [1.165, 1.54) is 11.3 Å². The van der Waals surface area contributed by atoms with Crippen LogP contribution >= 0.6 is 0 Å². The largest absolute Gasteiger partial charge is 0.497 e. The van der Waals surface area contributed by atoms with Gasteiger partial charge >= 0.3 is 0 Å². The zero-order valence-electron chi connectivity index (χ0n) is 15.8. The first kappa shape index (κ1) is 17.3. The van der Waals surface area contributed by atoms with E-state index in [-0.39, 0.29) is 0 Å². The molecular formula is C22H24N4O. The quantitative estimate of drug-likeness (QED) is 0.726. The number of aryl methyl sites for hydroxylation is 2. The highest BCUT2D eigenvalue weighted by atomic mass is 16.5. The topological polar surface area (TPSA) is 50.3 Å². The van der Waals surface area contributed by atoms with E-state index in [1.807, 2.05) is 31.2 Å². The Kier molecular flexibility index (Phi) is 4.92. The Hall–Kier alpha value is -3.08. The SMILES string of the molecule is COc1ccc(CNc2nc(C)cc(N3CCCc4ccccc43)n2)cc1. The highest BCUT2D eigenvalue weighted by molar-refractivity contribution is 5.66. The Morgan fingerprint density at radius 3 is 2.70 bits per heavy atom. The fourth-order valence-electron chi connectivity index (χ4n) is 3.47. The third-order valence-corrected chi connectivity index (χ3v) is 4.84. The number of benzene rings is 2. The van der Waals surface area contributed by atoms with Crippen LogP contribution in [0.3, 0.4) is 0 Å². The Balaban J connectivity index is 1.55. The second kappa shape index (κ2) is 7.66. The first-order chi connectivity index (χ1) is 13.2. The molecule has 0 atom stereocenters. The normalized spacial score (nSPS) is 13.2. The lowest BCUT2D eigenvalue weighted by atomic mass is 10.0. The molecule has 0 bridgehead atoms. The average Bonchev–Trinajstić information content (AvgIpc) is 2.72. The minimum atomic E-state index is 0.656. The van der Waals surface area contributed by atoms with Crippen LogP contribution in [0.4, 0.5) is 17.5 Å². The predicted octanol–water partition coefficient (Wildman–Crippen LogP) is 4.49. The van der Waals surface area contributed by atoms with Crippen molar-refractivity contribution in [3.63, 3.8) is 0 Å². The molecule has 5 heteroatoms. The molecule has 2 heterocycles. The van der Waals surface area contributed by atoms with Gasteiger partial charge in [-0.25, -0.2) is 4.98 Å². The van der Waals surface area contributed by atoms with Crippen molar-refractivity contribution in [3.05, 3.63) is 71.4 Å². The van der Waals surface area contributed by atoms with Crippen LogP contribution in [-0.2, 0) is 13.0 Å². The zero-order valence-corrected chi connectivity index (χ0v) is 15.8. The summed E-state index contributed by atoms with van der Waals surface area (Å²) >= 11 is 0. The highest BCUT2D eigenvalue weighted by Crippen LogP contribution is 2.32. The summed E-state index contributed by atoms with van der Waals surface area (Å²) in [6.45, 7) is 3.66. The maximum atomic E-state index is 5.21. The van der Waals surface area contributed by atoms with Crippen LogP contribution in [0.15, 0.2) is 54.6 Å². The number of hydrogen-bond acceptors (Lipinski definition) is 5. The summed E-state index contributed by atoms with van der Waals surface area (Å²) in [5.74, 6) is 2.47. The number of nitrogens with one attached hydrogen (secondary N) is 1. The molecule has 0 saturated heterocycles. The van der Waals surface area contributed by atoms with Gasteiger partial charge in [-0.15, -0.1) is 0 Å². The van der Waals surface area contributed by atoms with Crippen molar-refractivity contribution in [2.45, 2.75) is 26.3 Å². The van der Waals surface area contributed by atoms with Crippen LogP contribution in [0.25, 0.3) is 0 Å². The molecule has 27 heavy (non-hydrogen) atoms. The van der Waals surface area contributed by atoms with E-state index in [4.69, 9.17) is 9.72 Å². The standard InChI is InChI=1S/C22H24N4O/c1-16-14-21(26-13-5-7-18-6-3-4-8-20(18)26)25-22(24-16)23-15-17-9-11-19(27-2)12-10-17/h3-4,6,8-12,14H,5,7,13,15H2,1-2H3,(H,23,24,25). The number of ether oxygens (including phenoxy) is 1. The van der Waals surface area contributed by atoms with Gasteiger partial charge in [0.1, 0.15) is 11.6 Å². The molecule has 1 N–H and O–H groups in total. The van der Waals surface area contributed by atoms with Gasteiger partial charge in [-0.2, -0.15) is 4.98 Å². The van der Waals surface area contributed by atoms with Gasteiger partial charge in [0, 0.05) is 30.5 Å². The van der Waals surface area contributed by atoms with Gasteiger partial charge in [-0.05, 0) is 49.1 Å². The Morgan fingerprint density at radius 2 is 1.89 bits per heavy atom. The number of anilines is 3.